The molecule has 2 heteroatoms. The third-order valence-corrected chi connectivity index (χ3v) is 6.05. The molecule has 1 saturated carbocycles. The van der Waals surface area contributed by atoms with Gasteiger partial charge in [0.1, 0.15) is 0 Å². The van der Waals surface area contributed by atoms with E-state index >= 15 is 0 Å². The Morgan fingerprint density at radius 3 is 2.53 bits per heavy atom. The molecule has 1 aliphatic carbocycles. The van der Waals surface area contributed by atoms with Crippen molar-refractivity contribution in [2.24, 2.45) is 5.92 Å². The summed E-state index contributed by atoms with van der Waals surface area (Å²) < 4.78 is 0. The second kappa shape index (κ2) is 6.13. The first-order valence-electron chi connectivity index (χ1n) is 8.79. The number of rotatable bonds is 2. The van der Waals surface area contributed by atoms with Crippen molar-refractivity contribution < 1.29 is 0 Å². The van der Waals surface area contributed by atoms with Gasteiger partial charge in [-0.2, -0.15) is 0 Å². The Kier molecular flexibility index (Phi) is 4.48. The summed E-state index contributed by atoms with van der Waals surface area (Å²) in [5, 5.41) is 0. The van der Waals surface area contributed by atoms with E-state index in [0.29, 0.717) is 0 Å². The van der Waals surface area contributed by atoms with Gasteiger partial charge in [0.2, 0.25) is 0 Å². The molecule has 3 fully saturated rings. The zero-order valence-electron chi connectivity index (χ0n) is 13.0. The minimum absolute atomic E-state index is 0.833. The molecule has 4 unspecified atom stereocenters. The predicted molar refractivity (Wildman–Crippen MR) is 81.4 cm³/mol. The molecule has 19 heavy (non-hydrogen) atoms. The molecule has 2 saturated heterocycles. The van der Waals surface area contributed by atoms with Gasteiger partial charge in [-0.25, -0.2) is 0 Å². The third-order valence-electron chi connectivity index (χ3n) is 6.05. The van der Waals surface area contributed by atoms with Crippen LogP contribution < -0.4 is 0 Å². The van der Waals surface area contributed by atoms with E-state index in [4.69, 9.17) is 0 Å². The van der Waals surface area contributed by atoms with Crippen molar-refractivity contribution in [2.75, 3.05) is 19.6 Å². The van der Waals surface area contributed by atoms with Crippen LogP contribution in [0.5, 0.6) is 0 Å². The highest BCUT2D eigenvalue weighted by Gasteiger charge is 2.39. The topological polar surface area (TPSA) is 6.48 Å². The number of hydrogen-bond acceptors (Lipinski definition) is 2. The number of nitrogens with zero attached hydrogens (tertiary/aromatic N) is 2. The molecule has 0 N–H and O–H groups in total. The maximum absolute atomic E-state index is 2.94. The van der Waals surface area contributed by atoms with E-state index in [1.165, 1.54) is 71.0 Å². The van der Waals surface area contributed by atoms with Crippen LogP contribution in [0.3, 0.4) is 0 Å². The molecule has 2 heterocycles. The smallest absolute Gasteiger partial charge is 0.0224 e. The van der Waals surface area contributed by atoms with E-state index in [1.807, 2.05) is 0 Å². The predicted octanol–water partition coefficient (Wildman–Crippen LogP) is 3.51. The maximum atomic E-state index is 2.94. The average Bonchev–Trinajstić information content (AvgIpc) is 2.46. The average molecular weight is 264 g/mol. The van der Waals surface area contributed by atoms with Crippen LogP contribution >= 0.6 is 0 Å². The first-order chi connectivity index (χ1) is 9.29. The first kappa shape index (κ1) is 13.9. The fourth-order valence-corrected chi connectivity index (χ4v) is 4.83. The number of hydrogen-bond donors (Lipinski definition) is 0. The highest BCUT2D eigenvalue weighted by atomic mass is 15.3. The van der Waals surface area contributed by atoms with Crippen molar-refractivity contribution in [1.29, 1.82) is 0 Å². The zero-order valence-corrected chi connectivity index (χ0v) is 13.0. The molecule has 0 aromatic rings. The Morgan fingerprint density at radius 1 is 0.947 bits per heavy atom. The van der Waals surface area contributed by atoms with Crippen LogP contribution in [0, 0.1) is 5.92 Å². The van der Waals surface area contributed by atoms with Gasteiger partial charge in [0.15, 0.2) is 0 Å². The normalized spacial score (nSPS) is 42.0. The summed E-state index contributed by atoms with van der Waals surface area (Å²) in [5.74, 6) is 0.929. The lowest BCUT2D eigenvalue weighted by atomic mass is 9.82. The van der Waals surface area contributed by atoms with Crippen LogP contribution in [0.1, 0.15) is 65.2 Å². The molecule has 110 valence electrons. The standard InChI is InChI=1S/C17H32N2/c1-3-15-12-18-11-7-6-9-16(18)13-19(15)17-10-5-4-8-14(17)2/h14-17H,3-13H2,1-2H3. The summed E-state index contributed by atoms with van der Waals surface area (Å²) in [6, 6.07) is 2.60. The quantitative estimate of drug-likeness (QED) is 0.753. The Morgan fingerprint density at radius 2 is 1.74 bits per heavy atom. The zero-order chi connectivity index (χ0) is 13.2. The van der Waals surface area contributed by atoms with Gasteiger partial charge in [-0.3, -0.25) is 9.80 Å². The summed E-state index contributed by atoms with van der Waals surface area (Å²) in [4.78, 5) is 5.75. The van der Waals surface area contributed by atoms with Crippen LogP contribution in [-0.2, 0) is 0 Å². The van der Waals surface area contributed by atoms with Crippen LogP contribution in [0.4, 0.5) is 0 Å². The van der Waals surface area contributed by atoms with Gasteiger partial charge in [0, 0.05) is 31.2 Å². The SMILES string of the molecule is CCC1CN2CCCCC2CN1C1CCCCC1C. The Bertz CT molecular complexity index is 291. The van der Waals surface area contributed by atoms with Crippen LogP contribution in [0.2, 0.25) is 0 Å². The van der Waals surface area contributed by atoms with E-state index in [9.17, 15) is 0 Å². The molecule has 0 radical (unpaired) electrons. The molecular weight excluding hydrogens is 232 g/mol. The second-order valence-corrected chi connectivity index (χ2v) is 7.23. The largest absolute Gasteiger partial charge is 0.298 e. The van der Waals surface area contributed by atoms with Crippen molar-refractivity contribution in [1.82, 2.24) is 9.80 Å². The van der Waals surface area contributed by atoms with Gasteiger partial charge < -0.3 is 0 Å². The van der Waals surface area contributed by atoms with Crippen LogP contribution in [-0.4, -0.2) is 47.6 Å². The van der Waals surface area contributed by atoms with Crippen molar-refractivity contribution in [3.63, 3.8) is 0 Å². The molecule has 0 bridgehead atoms. The Labute approximate surface area is 119 Å². The third kappa shape index (κ3) is 2.85. The van der Waals surface area contributed by atoms with Crippen molar-refractivity contribution in [3.05, 3.63) is 0 Å². The number of fused-ring (bicyclic) bond motifs is 1. The van der Waals surface area contributed by atoms with E-state index in [0.717, 1.165) is 24.0 Å². The summed E-state index contributed by atoms with van der Waals surface area (Å²) in [6.07, 6.45) is 11.6. The molecule has 3 aliphatic rings. The Hall–Kier alpha value is -0.0800. The minimum Gasteiger partial charge on any atom is -0.298 e. The van der Waals surface area contributed by atoms with E-state index in [-0.39, 0.29) is 0 Å². The molecule has 0 spiro atoms. The molecule has 0 aromatic heterocycles. The second-order valence-electron chi connectivity index (χ2n) is 7.23. The Balaban J connectivity index is 1.71. The van der Waals surface area contributed by atoms with Gasteiger partial charge in [-0.05, 0) is 44.6 Å². The van der Waals surface area contributed by atoms with Gasteiger partial charge in [0.05, 0.1) is 0 Å². The maximum Gasteiger partial charge on any atom is 0.0224 e. The highest BCUT2D eigenvalue weighted by molar-refractivity contribution is 4.95. The number of piperazine rings is 1. The first-order valence-corrected chi connectivity index (χ1v) is 8.79. The van der Waals surface area contributed by atoms with Gasteiger partial charge >= 0.3 is 0 Å². The van der Waals surface area contributed by atoms with Crippen molar-refractivity contribution >= 4 is 0 Å². The summed E-state index contributed by atoms with van der Waals surface area (Å²) >= 11 is 0. The van der Waals surface area contributed by atoms with Gasteiger partial charge in [-0.15, -0.1) is 0 Å². The van der Waals surface area contributed by atoms with E-state index < -0.39 is 0 Å². The molecule has 2 aliphatic heterocycles. The number of piperidine rings is 1. The van der Waals surface area contributed by atoms with Gasteiger partial charge in [-0.1, -0.05) is 33.1 Å². The van der Waals surface area contributed by atoms with Crippen LogP contribution in [0.15, 0.2) is 0 Å². The molecule has 0 aromatic carbocycles. The van der Waals surface area contributed by atoms with E-state index in [1.54, 1.807) is 0 Å². The monoisotopic (exact) mass is 264 g/mol. The summed E-state index contributed by atoms with van der Waals surface area (Å²) in [5.41, 5.74) is 0. The summed E-state index contributed by atoms with van der Waals surface area (Å²) in [6.45, 7) is 8.99. The van der Waals surface area contributed by atoms with Crippen molar-refractivity contribution in [2.45, 2.75) is 83.3 Å². The van der Waals surface area contributed by atoms with E-state index in [2.05, 4.69) is 23.6 Å². The fourth-order valence-electron chi connectivity index (χ4n) is 4.83. The molecule has 4 atom stereocenters. The lowest BCUT2D eigenvalue weighted by Crippen LogP contribution is -2.62. The fraction of sp³-hybridized carbons (Fsp3) is 1.00. The summed E-state index contributed by atoms with van der Waals surface area (Å²) in [7, 11) is 0. The highest BCUT2D eigenvalue weighted by Crippen LogP contribution is 2.34. The molecule has 2 nitrogen and oxygen atoms in total. The van der Waals surface area contributed by atoms with Crippen molar-refractivity contribution in [3.8, 4) is 0 Å². The molecular formula is C17H32N2. The molecule has 3 rings (SSSR count). The van der Waals surface area contributed by atoms with Gasteiger partial charge in [0.25, 0.3) is 0 Å². The lowest BCUT2D eigenvalue weighted by Gasteiger charge is -2.52. The minimum atomic E-state index is 0.833. The van der Waals surface area contributed by atoms with Crippen LogP contribution in [0.25, 0.3) is 0 Å². The molecule has 0 amide bonds. The lowest BCUT2D eigenvalue weighted by molar-refractivity contribution is -0.0359.